The number of hydrogen-bond acceptors (Lipinski definition) is 4. The largest absolute Gasteiger partial charge is 0.377 e. The monoisotopic (exact) mass is 343 g/mol. The SMILES string of the molecule is NC(=NN=Cc1ccc(F)c2sccc12)SCc1ccccc1. The Bertz CT molecular complexity index is 857. The quantitative estimate of drug-likeness (QED) is 0.427. The molecule has 0 aliphatic heterocycles. The molecular weight excluding hydrogens is 329 g/mol. The Balaban J connectivity index is 1.67. The Labute approximate surface area is 141 Å². The van der Waals surface area contributed by atoms with Gasteiger partial charge < -0.3 is 5.73 Å². The molecule has 0 bridgehead atoms. The van der Waals surface area contributed by atoms with Crippen LogP contribution < -0.4 is 5.73 Å². The minimum atomic E-state index is -0.214. The van der Waals surface area contributed by atoms with Crippen LogP contribution in [-0.2, 0) is 5.75 Å². The van der Waals surface area contributed by atoms with E-state index in [0.717, 1.165) is 16.7 Å². The molecule has 0 amide bonds. The topological polar surface area (TPSA) is 50.7 Å². The summed E-state index contributed by atoms with van der Waals surface area (Å²) in [6.45, 7) is 0. The van der Waals surface area contributed by atoms with Gasteiger partial charge in [-0.3, -0.25) is 0 Å². The molecule has 0 unspecified atom stereocenters. The molecule has 0 atom stereocenters. The summed E-state index contributed by atoms with van der Waals surface area (Å²) in [6, 6.07) is 15.0. The van der Waals surface area contributed by atoms with Crippen molar-refractivity contribution in [2.45, 2.75) is 5.75 Å². The molecule has 1 aromatic heterocycles. The van der Waals surface area contributed by atoms with Gasteiger partial charge in [0.25, 0.3) is 0 Å². The van der Waals surface area contributed by atoms with Crippen LogP contribution in [0.2, 0.25) is 0 Å². The van der Waals surface area contributed by atoms with E-state index < -0.39 is 0 Å². The van der Waals surface area contributed by atoms with Gasteiger partial charge in [0.1, 0.15) is 5.82 Å². The predicted molar refractivity (Wildman–Crippen MR) is 98.7 cm³/mol. The van der Waals surface area contributed by atoms with Crippen LogP contribution in [-0.4, -0.2) is 11.4 Å². The van der Waals surface area contributed by atoms with E-state index in [4.69, 9.17) is 5.73 Å². The van der Waals surface area contributed by atoms with Gasteiger partial charge in [0.15, 0.2) is 5.17 Å². The maximum absolute atomic E-state index is 13.6. The van der Waals surface area contributed by atoms with Crippen molar-refractivity contribution >= 4 is 44.6 Å². The van der Waals surface area contributed by atoms with E-state index in [-0.39, 0.29) is 5.82 Å². The summed E-state index contributed by atoms with van der Waals surface area (Å²) < 4.78 is 14.3. The third-order valence-corrected chi connectivity index (χ3v) is 4.96. The molecule has 2 aromatic carbocycles. The number of halogens is 1. The van der Waals surface area contributed by atoms with Crippen LogP contribution in [0.15, 0.2) is 64.1 Å². The number of nitrogens with two attached hydrogens (primary N) is 1. The lowest BCUT2D eigenvalue weighted by Gasteiger charge is -1.99. The molecule has 3 rings (SSSR count). The highest BCUT2D eigenvalue weighted by Crippen LogP contribution is 2.26. The molecule has 2 N–H and O–H groups in total. The van der Waals surface area contributed by atoms with Crippen molar-refractivity contribution in [2.24, 2.45) is 15.9 Å². The number of thiophene rings is 1. The fraction of sp³-hybridized carbons (Fsp3) is 0.0588. The molecule has 3 aromatic rings. The van der Waals surface area contributed by atoms with E-state index in [1.807, 2.05) is 41.8 Å². The lowest BCUT2D eigenvalue weighted by Crippen LogP contribution is -2.06. The van der Waals surface area contributed by atoms with Gasteiger partial charge >= 0.3 is 0 Å². The van der Waals surface area contributed by atoms with Crippen molar-refractivity contribution in [1.29, 1.82) is 0 Å². The first-order valence-electron chi connectivity index (χ1n) is 6.93. The van der Waals surface area contributed by atoms with E-state index >= 15 is 0 Å². The Morgan fingerprint density at radius 1 is 1.17 bits per heavy atom. The molecule has 23 heavy (non-hydrogen) atoms. The Morgan fingerprint density at radius 3 is 2.83 bits per heavy atom. The fourth-order valence-corrected chi connectivity index (χ4v) is 3.52. The van der Waals surface area contributed by atoms with Crippen LogP contribution in [0.5, 0.6) is 0 Å². The molecule has 0 spiro atoms. The molecule has 0 saturated heterocycles. The van der Waals surface area contributed by atoms with E-state index in [1.165, 1.54) is 34.7 Å². The van der Waals surface area contributed by atoms with Crippen molar-refractivity contribution in [3.05, 3.63) is 70.9 Å². The number of benzene rings is 2. The van der Waals surface area contributed by atoms with Crippen LogP contribution >= 0.6 is 23.1 Å². The van der Waals surface area contributed by atoms with Gasteiger partial charge in [-0.05, 0) is 29.1 Å². The Morgan fingerprint density at radius 2 is 2.00 bits per heavy atom. The van der Waals surface area contributed by atoms with Crippen molar-refractivity contribution in [1.82, 2.24) is 0 Å². The highest BCUT2D eigenvalue weighted by atomic mass is 32.2. The van der Waals surface area contributed by atoms with Crippen LogP contribution in [0.4, 0.5) is 4.39 Å². The van der Waals surface area contributed by atoms with Gasteiger partial charge in [0, 0.05) is 16.7 Å². The van der Waals surface area contributed by atoms with E-state index in [0.29, 0.717) is 9.87 Å². The highest BCUT2D eigenvalue weighted by molar-refractivity contribution is 8.13. The summed E-state index contributed by atoms with van der Waals surface area (Å²) in [7, 11) is 0. The summed E-state index contributed by atoms with van der Waals surface area (Å²) in [5, 5.41) is 11.1. The minimum absolute atomic E-state index is 0.214. The van der Waals surface area contributed by atoms with Crippen molar-refractivity contribution in [3.63, 3.8) is 0 Å². The van der Waals surface area contributed by atoms with E-state index in [2.05, 4.69) is 10.2 Å². The molecular formula is C17H14FN3S2. The maximum Gasteiger partial charge on any atom is 0.180 e. The number of fused-ring (bicyclic) bond motifs is 1. The standard InChI is InChI=1S/C17H14FN3S2/c18-15-7-6-13(14-8-9-22-16(14)15)10-20-21-17(19)23-11-12-4-2-1-3-5-12/h1-10H,11H2,(H2,19,21). The van der Waals surface area contributed by atoms with Crippen LogP contribution in [0.1, 0.15) is 11.1 Å². The molecule has 6 heteroatoms. The second-order valence-electron chi connectivity index (χ2n) is 4.76. The molecule has 0 aliphatic rings. The lowest BCUT2D eigenvalue weighted by atomic mass is 10.1. The molecule has 0 aliphatic carbocycles. The van der Waals surface area contributed by atoms with E-state index in [1.54, 1.807) is 12.3 Å². The number of hydrogen-bond donors (Lipinski definition) is 1. The van der Waals surface area contributed by atoms with Crippen molar-refractivity contribution in [2.75, 3.05) is 0 Å². The average molecular weight is 343 g/mol. The molecule has 0 fully saturated rings. The fourth-order valence-electron chi connectivity index (χ4n) is 2.07. The summed E-state index contributed by atoms with van der Waals surface area (Å²) in [6.07, 6.45) is 1.60. The van der Waals surface area contributed by atoms with Gasteiger partial charge in [0.05, 0.1) is 10.9 Å². The second kappa shape index (κ2) is 7.39. The molecule has 0 saturated carbocycles. The smallest absolute Gasteiger partial charge is 0.180 e. The molecule has 116 valence electrons. The van der Waals surface area contributed by atoms with Gasteiger partial charge in [-0.15, -0.1) is 16.4 Å². The van der Waals surface area contributed by atoms with Crippen molar-refractivity contribution < 1.29 is 4.39 Å². The second-order valence-corrected chi connectivity index (χ2v) is 6.67. The molecule has 0 radical (unpaired) electrons. The van der Waals surface area contributed by atoms with Crippen LogP contribution in [0, 0.1) is 5.82 Å². The minimum Gasteiger partial charge on any atom is -0.377 e. The van der Waals surface area contributed by atoms with Crippen LogP contribution in [0.25, 0.3) is 10.1 Å². The first-order valence-corrected chi connectivity index (χ1v) is 8.79. The highest BCUT2D eigenvalue weighted by Gasteiger charge is 2.05. The number of amidine groups is 1. The normalized spacial score (nSPS) is 12.3. The zero-order valence-electron chi connectivity index (χ0n) is 12.1. The molecule has 1 heterocycles. The number of thioether (sulfide) groups is 1. The van der Waals surface area contributed by atoms with Gasteiger partial charge in [-0.25, -0.2) is 4.39 Å². The zero-order chi connectivity index (χ0) is 16.1. The Kier molecular flexibility index (Phi) is 5.05. The third-order valence-electron chi connectivity index (χ3n) is 3.19. The maximum atomic E-state index is 13.6. The van der Waals surface area contributed by atoms with Crippen LogP contribution in [0.3, 0.4) is 0 Å². The summed E-state index contributed by atoms with van der Waals surface area (Å²) in [5.74, 6) is 0.533. The number of nitrogens with zero attached hydrogens (tertiary/aromatic N) is 2. The summed E-state index contributed by atoms with van der Waals surface area (Å²) in [5.41, 5.74) is 7.85. The Hall–Kier alpha value is -2.18. The summed E-state index contributed by atoms with van der Waals surface area (Å²) >= 11 is 2.80. The predicted octanol–water partition coefficient (Wildman–Crippen LogP) is 4.62. The first kappa shape index (κ1) is 15.7. The third kappa shape index (κ3) is 3.97. The molecule has 3 nitrogen and oxygen atoms in total. The van der Waals surface area contributed by atoms with Gasteiger partial charge in [-0.1, -0.05) is 42.1 Å². The first-order chi connectivity index (χ1) is 11.2. The lowest BCUT2D eigenvalue weighted by molar-refractivity contribution is 0.641. The van der Waals surface area contributed by atoms with Crippen molar-refractivity contribution in [3.8, 4) is 0 Å². The summed E-state index contributed by atoms with van der Waals surface area (Å²) in [4.78, 5) is 0. The van der Waals surface area contributed by atoms with E-state index in [9.17, 15) is 4.39 Å². The average Bonchev–Trinajstić information content (AvgIpc) is 3.07. The number of rotatable bonds is 4. The van der Waals surface area contributed by atoms with Gasteiger partial charge in [0.2, 0.25) is 0 Å². The zero-order valence-corrected chi connectivity index (χ0v) is 13.8. The van der Waals surface area contributed by atoms with Gasteiger partial charge in [-0.2, -0.15) is 5.10 Å².